The highest BCUT2D eigenvalue weighted by molar-refractivity contribution is 7.90. The molecule has 2 fully saturated rings. The Bertz CT molecular complexity index is 1810. The van der Waals surface area contributed by atoms with Crippen molar-refractivity contribution in [2.45, 2.75) is 61.6 Å². The molecule has 0 bridgehead atoms. The highest BCUT2D eigenvalue weighted by Crippen LogP contribution is 2.54. The fourth-order valence-corrected chi connectivity index (χ4v) is 8.14. The third-order valence-electron chi connectivity index (χ3n) is 9.97. The monoisotopic (exact) mass is 706 g/mol. The highest BCUT2D eigenvalue weighted by Gasteiger charge is 2.58. The molecule has 3 atom stereocenters. The average Bonchev–Trinajstić information content (AvgIpc) is 3.79. The Balaban J connectivity index is 1.58. The quantitative estimate of drug-likeness (QED) is 0.248. The molecule has 2 unspecified atom stereocenters. The molecule has 3 aromatic rings. The number of amides is 1. The SMILES string of the molecule is CC(O)(c1cc(F)c2c(c1)C(=O)N(Cc1ccc(Cl)cc1S(C)(=O)=O)[C@@]2(OCC1(C(N)O)CC1)c1ccc(Cl)cc1)C1CCOCC1. The van der Waals surface area contributed by atoms with Gasteiger partial charge in [0.2, 0.25) is 0 Å². The molecule has 4 N–H and O–H groups in total. The topological polar surface area (TPSA) is 139 Å². The molecule has 0 radical (unpaired) electrons. The smallest absolute Gasteiger partial charge is 0.257 e. The minimum absolute atomic E-state index is 0.0460. The molecular formula is C34H37Cl2FN2O7S. The summed E-state index contributed by atoms with van der Waals surface area (Å²) in [5.74, 6) is -1.69. The van der Waals surface area contributed by atoms with Crippen LogP contribution in [0.15, 0.2) is 59.5 Å². The number of nitrogens with zero attached hydrogens (tertiary/aromatic N) is 1. The molecular weight excluding hydrogens is 670 g/mol. The molecule has 3 aliphatic rings. The number of sulfone groups is 1. The Morgan fingerprint density at radius 1 is 1.11 bits per heavy atom. The second-order valence-corrected chi connectivity index (χ2v) is 15.9. The number of carbonyl (C=O) groups is 1. The molecule has 2 heterocycles. The van der Waals surface area contributed by atoms with Crippen molar-refractivity contribution < 1.29 is 37.3 Å². The summed E-state index contributed by atoms with van der Waals surface area (Å²) in [6.45, 7) is 2.05. The number of ether oxygens (including phenoxy) is 2. The van der Waals surface area contributed by atoms with Crippen molar-refractivity contribution in [3.05, 3.63) is 98.3 Å². The maximum atomic E-state index is 16.9. The number of hydrogen-bond acceptors (Lipinski definition) is 8. The second kappa shape index (κ2) is 12.4. The van der Waals surface area contributed by atoms with Crippen LogP contribution in [-0.2, 0) is 37.2 Å². The Morgan fingerprint density at radius 2 is 1.74 bits per heavy atom. The van der Waals surface area contributed by atoms with Gasteiger partial charge in [-0.1, -0.05) is 41.4 Å². The highest BCUT2D eigenvalue weighted by atomic mass is 35.5. The van der Waals surface area contributed by atoms with Crippen molar-refractivity contribution in [3.8, 4) is 0 Å². The fourth-order valence-electron chi connectivity index (χ4n) is 6.83. The van der Waals surface area contributed by atoms with Gasteiger partial charge in [0, 0.05) is 40.5 Å². The fraction of sp³-hybridized carbons (Fsp3) is 0.441. The van der Waals surface area contributed by atoms with Gasteiger partial charge in [-0.3, -0.25) is 9.69 Å². The molecule has 47 heavy (non-hydrogen) atoms. The average molecular weight is 708 g/mol. The van der Waals surface area contributed by atoms with E-state index in [4.69, 9.17) is 38.4 Å². The number of aliphatic hydroxyl groups excluding tert-OH is 1. The third kappa shape index (κ3) is 6.10. The predicted octanol–water partition coefficient (Wildman–Crippen LogP) is 5.10. The first kappa shape index (κ1) is 34.3. The molecule has 1 saturated heterocycles. The lowest BCUT2D eigenvalue weighted by Crippen LogP contribution is -2.49. The van der Waals surface area contributed by atoms with Gasteiger partial charge in [-0.05, 0) is 86.1 Å². The van der Waals surface area contributed by atoms with Crippen LogP contribution < -0.4 is 5.73 Å². The first-order chi connectivity index (χ1) is 22.1. The first-order valence-corrected chi connectivity index (χ1v) is 18.0. The first-order valence-electron chi connectivity index (χ1n) is 15.4. The van der Waals surface area contributed by atoms with Gasteiger partial charge in [-0.25, -0.2) is 12.8 Å². The van der Waals surface area contributed by atoms with Gasteiger partial charge < -0.3 is 25.4 Å². The predicted molar refractivity (Wildman–Crippen MR) is 174 cm³/mol. The standard InChI is InChI=1S/C34H37Cl2FN2O7S/c1-32(42,21-9-13-45-14-10-21)23-15-26-29(27(37)16-23)34(22-4-7-24(35)8-5-22,46-19-33(11-12-33)31(38)41)39(30(26)40)18-20-3-6-25(36)17-28(20)47(2,43)44/h3-8,15-17,21,31,41-42H,9-14,18-19,38H2,1-2H3/t31?,32?,34-/m1/s1. The van der Waals surface area contributed by atoms with Crippen LogP contribution in [0.5, 0.6) is 0 Å². The maximum Gasteiger partial charge on any atom is 0.257 e. The zero-order valence-electron chi connectivity index (χ0n) is 26.0. The number of nitrogens with two attached hydrogens (primary N) is 1. The van der Waals surface area contributed by atoms with Crippen LogP contribution in [0.25, 0.3) is 0 Å². The van der Waals surface area contributed by atoms with Crippen molar-refractivity contribution in [2.75, 3.05) is 26.1 Å². The van der Waals surface area contributed by atoms with Gasteiger partial charge in [0.15, 0.2) is 15.6 Å². The van der Waals surface area contributed by atoms with Crippen molar-refractivity contribution in [2.24, 2.45) is 17.1 Å². The molecule has 0 spiro atoms. The van der Waals surface area contributed by atoms with Crippen LogP contribution in [0.1, 0.15) is 65.2 Å². The molecule has 0 aromatic heterocycles. The number of aliphatic hydroxyl groups is 2. The van der Waals surface area contributed by atoms with Gasteiger partial charge in [0.25, 0.3) is 5.91 Å². The van der Waals surface area contributed by atoms with Crippen molar-refractivity contribution in [1.82, 2.24) is 4.90 Å². The Hall–Kier alpha value is -2.61. The van der Waals surface area contributed by atoms with E-state index in [1.165, 1.54) is 35.2 Å². The van der Waals surface area contributed by atoms with E-state index in [1.54, 1.807) is 31.2 Å². The molecule has 3 aromatic carbocycles. The van der Waals surface area contributed by atoms with Gasteiger partial charge in [-0.2, -0.15) is 0 Å². The summed E-state index contributed by atoms with van der Waals surface area (Å²) in [6, 6.07) is 13.4. The lowest BCUT2D eigenvalue weighted by Gasteiger charge is -2.41. The lowest BCUT2D eigenvalue weighted by molar-refractivity contribution is -0.137. The van der Waals surface area contributed by atoms with Crippen LogP contribution in [0.3, 0.4) is 0 Å². The zero-order valence-corrected chi connectivity index (χ0v) is 28.3. The van der Waals surface area contributed by atoms with Crippen LogP contribution in [0.4, 0.5) is 4.39 Å². The normalized spacial score (nSPS) is 23.0. The van der Waals surface area contributed by atoms with Gasteiger partial charge in [-0.15, -0.1) is 0 Å². The van der Waals surface area contributed by atoms with E-state index < -0.39 is 44.5 Å². The molecule has 1 saturated carbocycles. The van der Waals surface area contributed by atoms with Crippen LogP contribution in [0.2, 0.25) is 10.0 Å². The Kier molecular flexibility index (Phi) is 9.02. The van der Waals surface area contributed by atoms with Gasteiger partial charge >= 0.3 is 0 Å². The number of fused-ring (bicyclic) bond motifs is 1. The molecule has 1 amide bonds. The largest absolute Gasteiger partial charge is 0.385 e. The van der Waals surface area contributed by atoms with E-state index in [2.05, 4.69) is 0 Å². The number of rotatable bonds is 10. The van der Waals surface area contributed by atoms with Crippen molar-refractivity contribution >= 4 is 38.9 Å². The number of hydrogen-bond donors (Lipinski definition) is 3. The van der Waals surface area contributed by atoms with E-state index in [9.17, 15) is 23.4 Å². The molecule has 252 valence electrons. The Morgan fingerprint density at radius 3 is 2.34 bits per heavy atom. The summed E-state index contributed by atoms with van der Waals surface area (Å²) in [7, 11) is -3.82. The van der Waals surface area contributed by atoms with Gasteiger partial charge in [0.1, 0.15) is 12.0 Å². The molecule has 13 heteroatoms. The molecule has 6 rings (SSSR count). The molecule has 2 aliphatic heterocycles. The summed E-state index contributed by atoms with van der Waals surface area (Å²) in [6.07, 6.45) is 2.01. The van der Waals surface area contributed by atoms with E-state index in [-0.39, 0.29) is 51.2 Å². The van der Waals surface area contributed by atoms with Crippen LogP contribution >= 0.6 is 23.2 Å². The van der Waals surface area contributed by atoms with Crippen LogP contribution in [0, 0.1) is 17.2 Å². The zero-order chi connectivity index (χ0) is 33.9. The summed E-state index contributed by atoms with van der Waals surface area (Å²) >= 11 is 12.5. The van der Waals surface area contributed by atoms with Crippen LogP contribution in [-0.4, -0.2) is 61.7 Å². The summed E-state index contributed by atoms with van der Waals surface area (Å²) in [5, 5.41) is 22.7. The van der Waals surface area contributed by atoms with E-state index in [1.807, 2.05) is 0 Å². The summed E-state index contributed by atoms with van der Waals surface area (Å²) in [4.78, 5) is 15.9. The van der Waals surface area contributed by atoms with E-state index >= 15 is 4.39 Å². The van der Waals surface area contributed by atoms with Crippen molar-refractivity contribution in [1.29, 1.82) is 0 Å². The third-order valence-corrected chi connectivity index (χ3v) is 11.6. The summed E-state index contributed by atoms with van der Waals surface area (Å²) < 4.78 is 54.9. The van der Waals surface area contributed by atoms with E-state index in [0.717, 1.165) is 6.26 Å². The maximum absolute atomic E-state index is 16.9. The molecule has 9 nitrogen and oxygen atoms in total. The molecule has 1 aliphatic carbocycles. The second-order valence-electron chi connectivity index (χ2n) is 13.1. The summed E-state index contributed by atoms with van der Waals surface area (Å²) in [5.41, 5.74) is 2.33. The minimum Gasteiger partial charge on any atom is -0.385 e. The number of benzene rings is 3. The van der Waals surface area contributed by atoms with Gasteiger partial charge in [0.05, 0.1) is 34.8 Å². The minimum atomic E-state index is -3.82. The Labute approximate surface area is 283 Å². The van der Waals surface area contributed by atoms with E-state index in [0.29, 0.717) is 49.5 Å². The number of carbonyl (C=O) groups excluding carboxylic acids is 1. The number of halogens is 3. The lowest BCUT2D eigenvalue weighted by atomic mass is 9.77. The van der Waals surface area contributed by atoms with Crippen molar-refractivity contribution in [3.63, 3.8) is 0 Å².